The first-order valence-corrected chi connectivity index (χ1v) is 6.87. The van der Waals surface area contributed by atoms with Crippen molar-refractivity contribution in [2.24, 2.45) is 29.4 Å². The van der Waals surface area contributed by atoms with Crippen molar-refractivity contribution in [1.29, 1.82) is 0 Å². The highest BCUT2D eigenvalue weighted by atomic mass is 14.6. The summed E-state index contributed by atoms with van der Waals surface area (Å²) in [4.78, 5) is 0. The van der Waals surface area contributed by atoms with Gasteiger partial charge in [0, 0.05) is 0 Å². The number of rotatable bonds is 5. The molecule has 1 rings (SSSR count). The molecule has 0 bridgehead atoms. The van der Waals surface area contributed by atoms with Crippen molar-refractivity contribution >= 4 is 0 Å². The van der Waals surface area contributed by atoms with E-state index in [-0.39, 0.29) is 0 Å². The van der Waals surface area contributed by atoms with Crippen LogP contribution in [0.3, 0.4) is 0 Å². The van der Waals surface area contributed by atoms with Gasteiger partial charge in [0.05, 0.1) is 0 Å². The SMILES string of the molecule is CCCC1CCC(CN)C(CC(C)C)C1. The van der Waals surface area contributed by atoms with Crippen LogP contribution in [0.4, 0.5) is 0 Å². The van der Waals surface area contributed by atoms with Crippen molar-refractivity contribution in [3.05, 3.63) is 0 Å². The quantitative estimate of drug-likeness (QED) is 0.735. The maximum Gasteiger partial charge on any atom is -0.00462 e. The second-order valence-electron chi connectivity index (χ2n) is 5.85. The molecule has 0 aliphatic heterocycles. The van der Waals surface area contributed by atoms with Gasteiger partial charge in [-0.2, -0.15) is 0 Å². The number of nitrogens with two attached hydrogens (primary N) is 1. The van der Waals surface area contributed by atoms with E-state index in [0.29, 0.717) is 0 Å². The summed E-state index contributed by atoms with van der Waals surface area (Å²) in [5, 5.41) is 0. The lowest BCUT2D eigenvalue weighted by Gasteiger charge is -2.36. The van der Waals surface area contributed by atoms with Gasteiger partial charge in [0.25, 0.3) is 0 Å². The monoisotopic (exact) mass is 211 g/mol. The summed E-state index contributed by atoms with van der Waals surface area (Å²) in [6.07, 6.45) is 8.46. The molecule has 1 aliphatic carbocycles. The van der Waals surface area contributed by atoms with Crippen LogP contribution in [0.1, 0.15) is 59.3 Å². The Morgan fingerprint density at radius 3 is 2.47 bits per heavy atom. The largest absolute Gasteiger partial charge is 0.330 e. The van der Waals surface area contributed by atoms with E-state index in [1.165, 1.54) is 38.5 Å². The van der Waals surface area contributed by atoms with Gasteiger partial charge in [0.1, 0.15) is 0 Å². The van der Waals surface area contributed by atoms with E-state index in [2.05, 4.69) is 20.8 Å². The zero-order valence-electron chi connectivity index (χ0n) is 10.8. The third-order valence-electron chi connectivity index (χ3n) is 4.02. The molecule has 1 nitrogen and oxygen atoms in total. The zero-order valence-corrected chi connectivity index (χ0v) is 10.8. The first-order valence-electron chi connectivity index (χ1n) is 6.87. The fourth-order valence-corrected chi connectivity index (χ4v) is 3.30. The Labute approximate surface area is 95.8 Å². The fraction of sp³-hybridized carbons (Fsp3) is 1.00. The van der Waals surface area contributed by atoms with E-state index >= 15 is 0 Å². The van der Waals surface area contributed by atoms with Crippen molar-refractivity contribution in [2.75, 3.05) is 6.54 Å². The van der Waals surface area contributed by atoms with Crippen LogP contribution < -0.4 is 5.73 Å². The Morgan fingerprint density at radius 1 is 1.20 bits per heavy atom. The van der Waals surface area contributed by atoms with Crippen LogP contribution in [0, 0.1) is 23.7 Å². The second-order valence-corrected chi connectivity index (χ2v) is 5.85. The topological polar surface area (TPSA) is 26.0 Å². The fourth-order valence-electron chi connectivity index (χ4n) is 3.30. The van der Waals surface area contributed by atoms with Gasteiger partial charge in [0.15, 0.2) is 0 Å². The van der Waals surface area contributed by atoms with Crippen LogP contribution >= 0.6 is 0 Å². The highest BCUT2D eigenvalue weighted by Crippen LogP contribution is 2.38. The van der Waals surface area contributed by atoms with Crippen molar-refractivity contribution in [2.45, 2.75) is 59.3 Å². The summed E-state index contributed by atoms with van der Waals surface area (Å²) in [5.74, 6) is 3.58. The molecule has 0 aromatic heterocycles. The Morgan fingerprint density at radius 2 is 1.93 bits per heavy atom. The molecule has 0 aromatic rings. The Hall–Kier alpha value is -0.0400. The molecular formula is C14H29N. The Bertz CT molecular complexity index is 165. The van der Waals surface area contributed by atoms with E-state index < -0.39 is 0 Å². The minimum atomic E-state index is 0.820. The summed E-state index contributed by atoms with van der Waals surface area (Å²) < 4.78 is 0. The van der Waals surface area contributed by atoms with Crippen molar-refractivity contribution in [3.63, 3.8) is 0 Å². The number of hydrogen-bond acceptors (Lipinski definition) is 1. The molecule has 90 valence electrons. The predicted molar refractivity (Wildman–Crippen MR) is 67.7 cm³/mol. The molecule has 1 fully saturated rings. The van der Waals surface area contributed by atoms with Crippen LogP contribution in [0.5, 0.6) is 0 Å². The molecule has 3 unspecified atom stereocenters. The van der Waals surface area contributed by atoms with Crippen molar-refractivity contribution in [3.8, 4) is 0 Å². The van der Waals surface area contributed by atoms with E-state index in [4.69, 9.17) is 5.73 Å². The van der Waals surface area contributed by atoms with Gasteiger partial charge < -0.3 is 5.73 Å². The molecular weight excluding hydrogens is 182 g/mol. The molecule has 0 aromatic carbocycles. The van der Waals surface area contributed by atoms with Gasteiger partial charge in [-0.3, -0.25) is 0 Å². The van der Waals surface area contributed by atoms with E-state index in [1.807, 2.05) is 0 Å². The van der Waals surface area contributed by atoms with Crippen molar-refractivity contribution in [1.82, 2.24) is 0 Å². The van der Waals surface area contributed by atoms with Gasteiger partial charge in [-0.1, -0.05) is 40.0 Å². The molecule has 3 atom stereocenters. The molecule has 0 amide bonds. The van der Waals surface area contributed by atoms with Gasteiger partial charge >= 0.3 is 0 Å². The second kappa shape index (κ2) is 6.52. The maximum atomic E-state index is 5.89. The smallest absolute Gasteiger partial charge is 0.00462 e. The van der Waals surface area contributed by atoms with Gasteiger partial charge in [0.2, 0.25) is 0 Å². The molecule has 1 heteroatoms. The minimum Gasteiger partial charge on any atom is -0.330 e. The average Bonchev–Trinajstić information content (AvgIpc) is 2.18. The van der Waals surface area contributed by atoms with Crippen molar-refractivity contribution < 1.29 is 0 Å². The lowest BCUT2D eigenvalue weighted by atomic mass is 9.70. The Kier molecular flexibility index (Phi) is 5.66. The molecule has 1 aliphatic rings. The molecule has 15 heavy (non-hydrogen) atoms. The standard InChI is InChI=1S/C14H29N/c1-4-5-12-6-7-13(10-15)14(9-12)8-11(2)3/h11-14H,4-10,15H2,1-3H3. The molecule has 0 saturated heterocycles. The van der Waals surface area contributed by atoms with E-state index in [0.717, 1.165) is 30.2 Å². The van der Waals surface area contributed by atoms with Crippen LogP contribution in [0.2, 0.25) is 0 Å². The zero-order chi connectivity index (χ0) is 11.3. The maximum absolute atomic E-state index is 5.89. The summed E-state index contributed by atoms with van der Waals surface area (Å²) in [6, 6.07) is 0. The number of hydrogen-bond donors (Lipinski definition) is 1. The third-order valence-corrected chi connectivity index (χ3v) is 4.02. The van der Waals surface area contributed by atoms with Crippen LogP contribution in [0.15, 0.2) is 0 Å². The molecule has 1 saturated carbocycles. The molecule has 0 heterocycles. The van der Waals surface area contributed by atoms with Gasteiger partial charge in [-0.05, 0) is 49.5 Å². The van der Waals surface area contributed by atoms with E-state index in [9.17, 15) is 0 Å². The molecule has 0 spiro atoms. The first-order chi connectivity index (χ1) is 7.17. The summed E-state index contributed by atoms with van der Waals surface area (Å²) in [7, 11) is 0. The van der Waals surface area contributed by atoms with E-state index in [1.54, 1.807) is 0 Å². The summed E-state index contributed by atoms with van der Waals surface area (Å²) >= 11 is 0. The lowest BCUT2D eigenvalue weighted by Crippen LogP contribution is -2.31. The van der Waals surface area contributed by atoms with Crippen LogP contribution in [0.25, 0.3) is 0 Å². The van der Waals surface area contributed by atoms with Crippen LogP contribution in [-0.2, 0) is 0 Å². The molecule has 2 N–H and O–H groups in total. The summed E-state index contributed by atoms with van der Waals surface area (Å²) in [5.41, 5.74) is 5.89. The van der Waals surface area contributed by atoms with Gasteiger partial charge in [-0.25, -0.2) is 0 Å². The van der Waals surface area contributed by atoms with Gasteiger partial charge in [-0.15, -0.1) is 0 Å². The highest BCUT2D eigenvalue weighted by molar-refractivity contribution is 4.81. The average molecular weight is 211 g/mol. The third kappa shape index (κ3) is 4.14. The normalized spacial score (nSPS) is 32.2. The predicted octanol–water partition coefficient (Wildman–Crippen LogP) is 3.82. The molecule has 0 radical (unpaired) electrons. The highest BCUT2D eigenvalue weighted by Gasteiger charge is 2.29. The minimum absolute atomic E-state index is 0.820. The Balaban J connectivity index is 2.45. The first kappa shape index (κ1) is 13.0. The lowest BCUT2D eigenvalue weighted by molar-refractivity contribution is 0.154. The van der Waals surface area contributed by atoms with Crippen LogP contribution in [-0.4, -0.2) is 6.54 Å². The summed E-state index contributed by atoms with van der Waals surface area (Å²) in [6.45, 7) is 7.91.